The molecule has 2 heterocycles. The van der Waals surface area contributed by atoms with Crippen LogP contribution < -0.4 is 31.2 Å². The number of carboxylic acids is 1. The highest BCUT2D eigenvalue weighted by atomic mass is 16.5. The summed E-state index contributed by atoms with van der Waals surface area (Å²) in [5.41, 5.74) is 9.67. The zero-order chi connectivity index (χ0) is 30.9. The van der Waals surface area contributed by atoms with Crippen molar-refractivity contribution >= 4 is 35.1 Å². The van der Waals surface area contributed by atoms with Crippen LogP contribution in [-0.2, 0) is 13.1 Å². The van der Waals surface area contributed by atoms with Crippen LogP contribution in [0.15, 0.2) is 84.9 Å². The van der Waals surface area contributed by atoms with Gasteiger partial charge >= 0.3 is 5.97 Å². The molecule has 0 unspecified atom stereocenters. The van der Waals surface area contributed by atoms with Crippen molar-refractivity contribution in [2.24, 2.45) is 0 Å². The first kappa shape index (κ1) is 32.7. The standard InChI is InChI=1S/C16H14N2O3.C9H7NO3.C7H9NO.CH4/c1-21-12-7-5-11(6-8-12)18-15(19)13-4-2-3-10-9-17-16(20)14(10)13;11-8-7-5(4-10-8)2-1-3-6(7)9(12)13;1-9-7-4-2-6(8)3-5-7;/h2-8H,9H2,1H3,(H,17,20)(H,18,19);1-3H,4H2,(H,10,11)(H,12,13);2-5H,8H2,1H3;1H4. The van der Waals surface area contributed by atoms with E-state index >= 15 is 0 Å². The van der Waals surface area contributed by atoms with Crippen molar-refractivity contribution in [1.82, 2.24) is 10.6 Å². The van der Waals surface area contributed by atoms with Crippen LogP contribution in [0.2, 0.25) is 0 Å². The molecule has 11 heteroatoms. The molecular formula is C33H34N4O7. The molecule has 6 N–H and O–H groups in total. The summed E-state index contributed by atoms with van der Waals surface area (Å²) >= 11 is 0. The molecule has 0 spiro atoms. The number of fused-ring (bicyclic) bond motifs is 2. The molecule has 3 amide bonds. The average Bonchev–Trinajstić information content (AvgIpc) is 3.60. The van der Waals surface area contributed by atoms with E-state index in [-0.39, 0.29) is 30.7 Å². The maximum absolute atomic E-state index is 12.4. The molecular weight excluding hydrogens is 564 g/mol. The van der Waals surface area contributed by atoms with Crippen molar-refractivity contribution in [3.05, 3.63) is 118 Å². The maximum Gasteiger partial charge on any atom is 0.336 e. The fourth-order valence-electron chi connectivity index (χ4n) is 4.40. The molecule has 6 rings (SSSR count). The Morgan fingerprint density at radius 1 is 0.727 bits per heavy atom. The number of benzene rings is 4. The van der Waals surface area contributed by atoms with E-state index in [2.05, 4.69) is 16.0 Å². The molecule has 0 atom stereocenters. The quantitative estimate of drug-likeness (QED) is 0.205. The SMILES string of the molecule is C.COc1ccc(N)cc1.COc1ccc(NC(=O)c2cccc3c2C(=O)NC3)cc1.O=C(O)c1cccc2c1C(=O)NC2. The van der Waals surface area contributed by atoms with Crippen LogP contribution in [0.4, 0.5) is 11.4 Å². The van der Waals surface area contributed by atoms with Gasteiger partial charge in [-0.2, -0.15) is 0 Å². The molecule has 0 aliphatic carbocycles. The number of ether oxygens (including phenoxy) is 2. The lowest BCUT2D eigenvalue weighted by atomic mass is 10.0. The van der Waals surface area contributed by atoms with Crippen molar-refractivity contribution in [2.75, 3.05) is 25.3 Å². The Hall–Kier alpha value is -5.84. The predicted octanol–water partition coefficient (Wildman–Crippen LogP) is 4.73. The zero-order valence-electron chi connectivity index (χ0n) is 23.5. The smallest absolute Gasteiger partial charge is 0.336 e. The van der Waals surface area contributed by atoms with Crippen LogP contribution in [0.3, 0.4) is 0 Å². The van der Waals surface area contributed by atoms with Crippen LogP contribution in [-0.4, -0.2) is 43.0 Å². The number of methoxy groups -OCH3 is 2. The molecule has 0 radical (unpaired) electrons. The monoisotopic (exact) mass is 598 g/mol. The number of nitrogens with one attached hydrogen (secondary N) is 3. The Balaban J connectivity index is 0.000000197. The number of aromatic carboxylic acids is 1. The fraction of sp³-hybridized carbons (Fsp3) is 0.152. The van der Waals surface area contributed by atoms with Gasteiger partial charge in [0.25, 0.3) is 17.7 Å². The van der Waals surface area contributed by atoms with Crippen molar-refractivity contribution < 1.29 is 33.8 Å². The molecule has 0 fully saturated rings. The van der Waals surface area contributed by atoms with E-state index in [1.165, 1.54) is 6.07 Å². The largest absolute Gasteiger partial charge is 0.497 e. The van der Waals surface area contributed by atoms with Gasteiger partial charge in [0, 0.05) is 24.5 Å². The molecule has 0 bridgehead atoms. The Kier molecular flexibility index (Phi) is 11.0. The number of carboxylic acid groups (broad SMARTS) is 1. The van der Waals surface area contributed by atoms with Crippen LogP contribution in [0.5, 0.6) is 11.5 Å². The fourth-order valence-corrected chi connectivity index (χ4v) is 4.40. The van der Waals surface area contributed by atoms with E-state index in [4.69, 9.17) is 20.3 Å². The number of nitrogen functional groups attached to an aromatic ring is 1. The molecule has 4 aromatic carbocycles. The predicted molar refractivity (Wildman–Crippen MR) is 167 cm³/mol. The van der Waals surface area contributed by atoms with Gasteiger partial charge in [-0.3, -0.25) is 14.4 Å². The molecule has 11 nitrogen and oxygen atoms in total. The van der Waals surface area contributed by atoms with Crippen LogP contribution in [0.1, 0.15) is 60.0 Å². The van der Waals surface area contributed by atoms with Crippen LogP contribution >= 0.6 is 0 Å². The van der Waals surface area contributed by atoms with Crippen LogP contribution in [0.25, 0.3) is 0 Å². The number of anilines is 2. The first-order chi connectivity index (χ1) is 20.7. The van der Waals surface area contributed by atoms with Gasteiger partial charge in [0.1, 0.15) is 11.5 Å². The number of hydrogen-bond donors (Lipinski definition) is 5. The Morgan fingerprint density at radius 3 is 1.66 bits per heavy atom. The minimum atomic E-state index is -1.06. The molecule has 2 aliphatic heterocycles. The van der Waals surface area contributed by atoms with Crippen molar-refractivity contribution in [3.63, 3.8) is 0 Å². The number of carbonyl (C=O) groups is 4. The van der Waals surface area contributed by atoms with Gasteiger partial charge in [0.15, 0.2) is 0 Å². The first-order valence-corrected chi connectivity index (χ1v) is 13.1. The van der Waals surface area contributed by atoms with E-state index in [1.54, 1.807) is 74.9 Å². The molecule has 2 aliphatic rings. The lowest BCUT2D eigenvalue weighted by Crippen LogP contribution is -2.19. The van der Waals surface area contributed by atoms with E-state index < -0.39 is 5.97 Å². The summed E-state index contributed by atoms with van der Waals surface area (Å²) in [6, 6.07) is 24.4. The summed E-state index contributed by atoms with van der Waals surface area (Å²) in [7, 11) is 3.21. The van der Waals surface area contributed by atoms with Gasteiger partial charge in [-0.25, -0.2) is 4.79 Å². The van der Waals surface area contributed by atoms with E-state index in [0.29, 0.717) is 41.2 Å². The third kappa shape index (κ3) is 7.71. The number of amides is 3. The van der Waals surface area contributed by atoms with Gasteiger partial charge in [-0.15, -0.1) is 0 Å². The normalized spacial score (nSPS) is 11.9. The van der Waals surface area contributed by atoms with Gasteiger partial charge in [0.05, 0.1) is 36.5 Å². The molecule has 0 saturated carbocycles. The molecule has 44 heavy (non-hydrogen) atoms. The minimum absolute atomic E-state index is 0. The van der Waals surface area contributed by atoms with E-state index in [9.17, 15) is 19.2 Å². The summed E-state index contributed by atoms with van der Waals surface area (Å²) in [6.07, 6.45) is 0. The van der Waals surface area contributed by atoms with E-state index in [0.717, 1.165) is 22.6 Å². The second-order valence-corrected chi connectivity index (χ2v) is 9.31. The molecule has 228 valence electrons. The zero-order valence-corrected chi connectivity index (χ0v) is 23.5. The summed E-state index contributed by atoms with van der Waals surface area (Å²) in [5.74, 6) is -0.307. The Bertz CT molecular complexity index is 1650. The Morgan fingerprint density at radius 2 is 1.18 bits per heavy atom. The summed E-state index contributed by atoms with van der Waals surface area (Å²) in [5, 5.41) is 16.9. The van der Waals surface area contributed by atoms with Crippen molar-refractivity contribution in [2.45, 2.75) is 20.5 Å². The second-order valence-electron chi connectivity index (χ2n) is 9.31. The minimum Gasteiger partial charge on any atom is -0.497 e. The Labute approximate surface area is 255 Å². The highest BCUT2D eigenvalue weighted by molar-refractivity contribution is 6.13. The number of hydrogen-bond acceptors (Lipinski definition) is 7. The maximum atomic E-state index is 12.4. The van der Waals surface area contributed by atoms with E-state index in [1.807, 2.05) is 18.2 Å². The topological polar surface area (TPSA) is 169 Å². The third-order valence-corrected chi connectivity index (χ3v) is 6.57. The lowest BCUT2D eigenvalue weighted by molar-refractivity contribution is 0.0691. The van der Waals surface area contributed by atoms with Gasteiger partial charge in [-0.05, 0) is 71.8 Å². The highest BCUT2D eigenvalue weighted by Crippen LogP contribution is 2.22. The summed E-state index contributed by atoms with van der Waals surface area (Å²) in [4.78, 5) is 46.1. The summed E-state index contributed by atoms with van der Waals surface area (Å²) < 4.78 is 9.98. The van der Waals surface area contributed by atoms with Gasteiger partial charge in [-0.1, -0.05) is 31.7 Å². The lowest BCUT2D eigenvalue weighted by Gasteiger charge is -2.08. The number of carbonyl (C=O) groups excluding carboxylic acids is 3. The second kappa shape index (κ2) is 14.9. The van der Waals surface area contributed by atoms with Crippen molar-refractivity contribution in [1.29, 1.82) is 0 Å². The number of nitrogens with two attached hydrogens (primary N) is 1. The molecule has 4 aromatic rings. The van der Waals surface area contributed by atoms with Gasteiger partial charge in [0.2, 0.25) is 0 Å². The highest BCUT2D eigenvalue weighted by Gasteiger charge is 2.26. The van der Waals surface area contributed by atoms with Crippen molar-refractivity contribution in [3.8, 4) is 11.5 Å². The van der Waals surface area contributed by atoms with Gasteiger partial charge < -0.3 is 36.3 Å². The molecule has 0 saturated heterocycles. The summed E-state index contributed by atoms with van der Waals surface area (Å²) in [6.45, 7) is 0.896. The molecule has 0 aromatic heterocycles. The number of rotatable bonds is 5. The van der Waals surface area contributed by atoms with Crippen LogP contribution in [0, 0.1) is 0 Å². The first-order valence-electron chi connectivity index (χ1n) is 13.1. The average molecular weight is 599 g/mol. The third-order valence-electron chi connectivity index (χ3n) is 6.57.